The van der Waals surface area contributed by atoms with Crippen molar-refractivity contribution < 1.29 is 9.13 Å². The van der Waals surface area contributed by atoms with Crippen LogP contribution in [-0.2, 0) is 11.3 Å². The zero-order chi connectivity index (χ0) is 13.5. The number of ether oxygens (including phenoxy) is 1. The zero-order valence-electron chi connectivity index (χ0n) is 11.0. The number of aryl methyl sites for hydroxylation is 1. The minimum Gasteiger partial charge on any atom is -0.382 e. The van der Waals surface area contributed by atoms with Gasteiger partial charge in [-0.1, -0.05) is 0 Å². The molecule has 0 atom stereocenters. The van der Waals surface area contributed by atoms with Crippen molar-refractivity contribution in [3.63, 3.8) is 0 Å². The van der Waals surface area contributed by atoms with Gasteiger partial charge in [-0.3, -0.25) is 0 Å². The number of halogens is 1. The normalized spacial score (nSPS) is 10.6. The maximum Gasteiger partial charge on any atom is 0.207 e. The van der Waals surface area contributed by atoms with Crippen LogP contribution in [0.2, 0.25) is 0 Å². The number of rotatable bonds is 7. The molecule has 102 valence electrons. The van der Waals surface area contributed by atoms with E-state index in [0.717, 1.165) is 37.8 Å². The van der Waals surface area contributed by atoms with Crippen LogP contribution < -0.4 is 5.32 Å². The number of nitrogens with zero attached hydrogens (tertiary/aromatic N) is 2. The zero-order valence-corrected chi connectivity index (χ0v) is 11.0. The fourth-order valence-corrected chi connectivity index (χ4v) is 1.76. The van der Waals surface area contributed by atoms with Gasteiger partial charge in [-0.05, 0) is 37.6 Å². The van der Waals surface area contributed by atoms with Gasteiger partial charge in [0.2, 0.25) is 5.95 Å². The van der Waals surface area contributed by atoms with E-state index in [-0.39, 0.29) is 5.82 Å². The Morgan fingerprint density at radius 3 is 2.84 bits per heavy atom. The van der Waals surface area contributed by atoms with Crippen molar-refractivity contribution in [2.75, 3.05) is 18.5 Å². The first-order valence-corrected chi connectivity index (χ1v) is 6.41. The third kappa shape index (κ3) is 4.06. The molecule has 0 saturated heterocycles. The summed E-state index contributed by atoms with van der Waals surface area (Å²) in [4.78, 5) is 4.25. The van der Waals surface area contributed by atoms with Crippen molar-refractivity contribution >= 4 is 11.6 Å². The minimum absolute atomic E-state index is 0.245. The van der Waals surface area contributed by atoms with Crippen LogP contribution in [0.3, 0.4) is 0 Å². The van der Waals surface area contributed by atoms with Crippen molar-refractivity contribution in [1.82, 2.24) is 9.55 Å². The lowest BCUT2D eigenvalue weighted by atomic mass is 10.3. The Morgan fingerprint density at radius 2 is 2.11 bits per heavy atom. The number of hydrogen-bond donors (Lipinski definition) is 1. The van der Waals surface area contributed by atoms with Crippen LogP contribution in [0.4, 0.5) is 16.0 Å². The second-order valence-electron chi connectivity index (χ2n) is 4.13. The van der Waals surface area contributed by atoms with E-state index in [2.05, 4.69) is 10.3 Å². The predicted molar refractivity (Wildman–Crippen MR) is 73.0 cm³/mol. The van der Waals surface area contributed by atoms with Gasteiger partial charge in [0.15, 0.2) is 0 Å². The van der Waals surface area contributed by atoms with Crippen LogP contribution in [0.25, 0.3) is 0 Å². The Labute approximate surface area is 112 Å². The Balaban J connectivity index is 1.93. The Hall–Kier alpha value is -1.88. The number of hydrogen-bond acceptors (Lipinski definition) is 3. The summed E-state index contributed by atoms with van der Waals surface area (Å²) in [7, 11) is 0. The maximum absolute atomic E-state index is 12.8. The third-order valence-electron chi connectivity index (χ3n) is 2.71. The molecule has 1 aromatic heterocycles. The van der Waals surface area contributed by atoms with Gasteiger partial charge >= 0.3 is 0 Å². The molecule has 4 nitrogen and oxygen atoms in total. The van der Waals surface area contributed by atoms with Crippen molar-refractivity contribution in [2.45, 2.75) is 19.9 Å². The van der Waals surface area contributed by atoms with Gasteiger partial charge in [-0.15, -0.1) is 0 Å². The summed E-state index contributed by atoms with van der Waals surface area (Å²) in [6, 6.07) is 6.22. The summed E-state index contributed by atoms with van der Waals surface area (Å²) in [5.74, 6) is 0.508. The third-order valence-corrected chi connectivity index (χ3v) is 2.71. The molecule has 2 rings (SSSR count). The molecule has 2 aromatic rings. The topological polar surface area (TPSA) is 39.1 Å². The van der Waals surface area contributed by atoms with Gasteiger partial charge in [0.25, 0.3) is 0 Å². The monoisotopic (exact) mass is 263 g/mol. The summed E-state index contributed by atoms with van der Waals surface area (Å²) in [5.41, 5.74) is 0.818. The van der Waals surface area contributed by atoms with Crippen molar-refractivity contribution in [2.24, 2.45) is 0 Å². The summed E-state index contributed by atoms with van der Waals surface area (Å²) in [6.45, 7) is 4.30. The van der Waals surface area contributed by atoms with Crippen LogP contribution in [0, 0.1) is 5.82 Å². The maximum atomic E-state index is 12.8. The highest BCUT2D eigenvalue weighted by molar-refractivity contribution is 5.53. The highest BCUT2D eigenvalue weighted by Gasteiger charge is 2.03. The molecule has 0 bridgehead atoms. The Morgan fingerprint density at radius 1 is 1.32 bits per heavy atom. The lowest BCUT2D eigenvalue weighted by molar-refractivity contribution is 0.142. The van der Waals surface area contributed by atoms with Crippen molar-refractivity contribution in [1.29, 1.82) is 0 Å². The molecule has 0 aliphatic heterocycles. The highest BCUT2D eigenvalue weighted by Crippen LogP contribution is 2.15. The fraction of sp³-hybridized carbons (Fsp3) is 0.357. The molecule has 0 aliphatic carbocycles. The van der Waals surface area contributed by atoms with E-state index in [1.54, 1.807) is 18.3 Å². The highest BCUT2D eigenvalue weighted by atomic mass is 19.1. The van der Waals surface area contributed by atoms with Gasteiger partial charge in [0.05, 0.1) is 0 Å². The van der Waals surface area contributed by atoms with Crippen LogP contribution in [-0.4, -0.2) is 22.8 Å². The SMILES string of the molecule is CCOCCCn1ccnc1Nc1ccc(F)cc1. The summed E-state index contributed by atoms with van der Waals surface area (Å²) < 4.78 is 20.1. The molecule has 0 unspecified atom stereocenters. The number of benzene rings is 1. The summed E-state index contributed by atoms with van der Waals surface area (Å²) in [5, 5.41) is 3.17. The molecule has 1 N–H and O–H groups in total. The van der Waals surface area contributed by atoms with E-state index in [1.165, 1.54) is 12.1 Å². The van der Waals surface area contributed by atoms with Gasteiger partial charge in [0.1, 0.15) is 5.82 Å². The number of aromatic nitrogens is 2. The minimum atomic E-state index is -0.245. The second-order valence-corrected chi connectivity index (χ2v) is 4.13. The Kier molecular flexibility index (Phi) is 4.92. The molecule has 0 fully saturated rings. The smallest absolute Gasteiger partial charge is 0.207 e. The molecule has 0 radical (unpaired) electrons. The average Bonchev–Trinajstić information content (AvgIpc) is 2.85. The van der Waals surface area contributed by atoms with Crippen LogP contribution >= 0.6 is 0 Å². The van der Waals surface area contributed by atoms with Gasteiger partial charge < -0.3 is 14.6 Å². The standard InChI is InChI=1S/C14H18FN3O/c1-2-19-11-3-9-18-10-8-16-14(18)17-13-6-4-12(15)5-7-13/h4-8,10H,2-3,9,11H2,1H3,(H,16,17). The molecule has 0 saturated carbocycles. The molecule has 0 aliphatic rings. The van der Waals surface area contributed by atoms with E-state index in [4.69, 9.17) is 4.74 Å². The van der Waals surface area contributed by atoms with E-state index < -0.39 is 0 Å². The van der Waals surface area contributed by atoms with Gasteiger partial charge in [-0.2, -0.15) is 0 Å². The fourth-order valence-electron chi connectivity index (χ4n) is 1.76. The summed E-state index contributed by atoms with van der Waals surface area (Å²) >= 11 is 0. The van der Waals surface area contributed by atoms with Gasteiger partial charge in [0, 0.05) is 37.8 Å². The largest absolute Gasteiger partial charge is 0.382 e. The first kappa shape index (κ1) is 13.5. The molecular weight excluding hydrogens is 245 g/mol. The van der Waals surface area contributed by atoms with Crippen LogP contribution in [0.15, 0.2) is 36.7 Å². The number of imidazole rings is 1. The van der Waals surface area contributed by atoms with Crippen LogP contribution in [0.1, 0.15) is 13.3 Å². The Bertz CT molecular complexity index is 496. The molecule has 0 amide bonds. The van der Waals surface area contributed by atoms with Crippen molar-refractivity contribution in [3.8, 4) is 0 Å². The quantitative estimate of drug-likeness (QED) is 0.780. The number of nitrogens with one attached hydrogen (secondary N) is 1. The molecular formula is C14H18FN3O. The molecule has 1 heterocycles. The second kappa shape index (κ2) is 6.89. The van der Waals surface area contributed by atoms with E-state index in [9.17, 15) is 4.39 Å². The van der Waals surface area contributed by atoms with Crippen molar-refractivity contribution in [3.05, 3.63) is 42.5 Å². The van der Waals surface area contributed by atoms with Crippen LogP contribution in [0.5, 0.6) is 0 Å². The molecule has 0 spiro atoms. The predicted octanol–water partition coefficient (Wildman–Crippen LogP) is 3.19. The molecule has 1 aromatic carbocycles. The lowest BCUT2D eigenvalue weighted by Crippen LogP contribution is -2.06. The lowest BCUT2D eigenvalue weighted by Gasteiger charge is -2.09. The van der Waals surface area contributed by atoms with E-state index in [0.29, 0.717) is 0 Å². The van der Waals surface area contributed by atoms with E-state index in [1.807, 2.05) is 17.7 Å². The average molecular weight is 263 g/mol. The summed E-state index contributed by atoms with van der Waals surface area (Å²) in [6.07, 6.45) is 4.59. The number of anilines is 2. The molecule has 19 heavy (non-hydrogen) atoms. The first-order chi connectivity index (χ1) is 9.29. The van der Waals surface area contributed by atoms with E-state index >= 15 is 0 Å². The van der Waals surface area contributed by atoms with Gasteiger partial charge in [-0.25, -0.2) is 9.37 Å². The molecule has 5 heteroatoms. The first-order valence-electron chi connectivity index (χ1n) is 6.41.